The van der Waals surface area contributed by atoms with Crippen LogP contribution < -0.4 is 0 Å². The second-order valence-electron chi connectivity index (χ2n) is 4.03. The molecule has 0 aliphatic heterocycles. The zero-order valence-electron chi connectivity index (χ0n) is 9.35. The number of nitrogens with one attached hydrogen (secondary N) is 1. The minimum Gasteiger partial charge on any atom is -0.338 e. The SMILES string of the molecule is Fc1cc(F)cc(-c2nc3cc(F)c(F)cc3[nH]2)c1. The lowest BCUT2D eigenvalue weighted by atomic mass is 10.2. The molecule has 0 aliphatic rings. The Morgan fingerprint density at radius 2 is 1.42 bits per heavy atom. The van der Waals surface area contributed by atoms with Crippen molar-refractivity contribution in [1.82, 2.24) is 9.97 Å². The number of nitrogens with zero attached hydrogens (tertiary/aromatic N) is 1. The van der Waals surface area contributed by atoms with Gasteiger partial charge in [0.15, 0.2) is 11.6 Å². The van der Waals surface area contributed by atoms with Crippen molar-refractivity contribution in [1.29, 1.82) is 0 Å². The summed E-state index contributed by atoms with van der Waals surface area (Å²) in [7, 11) is 0. The van der Waals surface area contributed by atoms with Gasteiger partial charge < -0.3 is 4.98 Å². The molecule has 0 saturated heterocycles. The third kappa shape index (κ3) is 2.05. The number of H-pyrrole nitrogens is 1. The molecule has 3 rings (SSSR count). The van der Waals surface area contributed by atoms with Crippen molar-refractivity contribution in [2.75, 3.05) is 0 Å². The smallest absolute Gasteiger partial charge is 0.161 e. The summed E-state index contributed by atoms with van der Waals surface area (Å²) in [5.41, 5.74) is 0.589. The molecule has 0 radical (unpaired) electrons. The molecular formula is C13H6F4N2. The molecule has 3 aromatic rings. The molecule has 0 bridgehead atoms. The van der Waals surface area contributed by atoms with E-state index in [1.165, 1.54) is 0 Å². The van der Waals surface area contributed by atoms with Crippen molar-refractivity contribution in [2.45, 2.75) is 0 Å². The molecule has 2 nitrogen and oxygen atoms in total. The summed E-state index contributed by atoms with van der Waals surface area (Å²) in [6, 6.07) is 4.74. The number of rotatable bonds is 1. The lowest BCUT2D eigenvalue weighted by Gasteiger charge is -1.97. The standard InChI is InChI=1S/C13H6F4N2/c14-7-1-6(2-8(15)3-7)13-18-11-4-9(16)10(17)5-12(11)19-13/h1-5H,(H,18,19). The number of aromatic nitrogens is 2. The second-order valence-corrected chi connectivity index (χ2v) is 4.03. The molecule has 1 heterocycles. The van der Waals surface area contributed by atoms with Gasteiger partial charge in [0.2, 0.25) is 0 Å². The predicted octanol–water partition coefficient (Wildman–Crippen LogP) is 3.79. The summed E-state index contributed by atoms with van der Waals surface area (Å²) < 4.78 is 52.3. The molecule has 96 valence electrons. The summed E-state index contributed by atoms with van der Waals surface area (Å²) in [5, 5.41) is 0. The Hall–Kier alpha value is -2.37. The van der Waals surface area contributed by atoms with Crippen molar-refractivity contribution >= 4 is 11.0 Å². The zero-order chi connectivity index (χ0) is 13.6. The van der Waals surface area contributed by atoms with E-state index in [4.69, 9.17) is 0 Å². The van der Waals surface area contributed by atoms with Gasteiger partial charge in [0.1, 0.15) is 17.5 Å². The number of hydrogen-bond acceptors (Lipinski definition) is 1. The molecule has 0 fully saturated rings. The maximum absolute atomic E-state index is 13.1. The highest BCUT2D eigenvalue weighted by Crippen LogP contribution is 2.23. The molecule has 0 atom stereocenters. The van der Waals surface area contributed by atoms with E-state index in [9.17, 15) is 17.6 Å². The highest BCUT2D eigenvalue weighted by Gasteiger charge is 2.11. The monoisotopic (exact) mass is 266 g/mol. The number of aromatic amines is 1. The van der Waals surface area contributed by atoms with Crippen LogP contribution in [0.4, 0.5) is 17.6 Å². The average molecular weight is 266 g/mol. The van der Waals surface area contributed by atoms with Gasteiger partial charge in [-0.15, -0.1) is 0 Å². The first-order valence-corrected chi connectivity index (χ1v) is 5.34. The molecule has 0 saturated carbocycles. The van der Waals surface area contributed by atoms with E-state index in [0.717, 1.165) is 30.3 Å². The van der Waals surface area contributed by atoms with Gasteiger partial charge in [-0.2, -0.15) is 0 Å². The van der Waals surface area contributed by atoms with Crippen LogP contribution in [0.2, 0.25) is 0 Å². The number of imidazole rings is 1. The van der Waals surface area contributed by atoms with E-state index < -0.39 is 23.3 Å². The minimum absolute atomic E-state index is 0.137. The molecule has 0 spiro atoms. The Kier molecular flexibility index (Phi) is 2.51. The minimum atomic E-state index is -1.03. The quantitative estimate of drug-likeness (QED) is 0.667. The zero-order valence-corrected chi connectivity index (χ0v) is 9.35. The fraction of sp³-hybridized carbons (Fsp3) is 0. The van der Waals surface area contributed by atoms with Crippen LogP contribution in [-0.2, 0) is 0 Å². The molecule has 6 heteroatoms. The first-order chi connectivity index (χ1) is 9.02. The van der Waals surface area contributed by atoms with Crippen LogP contribution in [0.15, 0.2) is 30.3 Å². The van der Waals surface area contributed by atoms with Crippen LogP contribution in [-0.4, -0.2) is 9.97 Å². The van der Waals surface area contributed by atoms with E-state index in [-0.39, 0.29) is 22.4 Å². The largest absolute Gasteiger partial charge is 0.338 e. The second kappa shape index (κ2) is 4.08. The maximum Gasteiger partial charge on any atom is 0.161 e. The Balaban J connectivity index is 2.20. The van der Waals surface area contributed by atoms with Crippen LogP contribution in [0, 0.1) is 23.3 Å². The van der Waals surface area contributed by atoms with Crippen LogP contribution in [0.5, 0.6) is 0 Å². The lowest BCUT2D eigenvalue weighted by Crippen LogP contribution is -1.85. The Morgan fingerprint density at radius 1 is 0.789 bits per heavy atom. The average Bonchev–Trinajstić information content (AvgIpc) is 2.71. The molecule has 0 amide bonds. The lowest BCUT2D eigenvalue weighted by molar-refractivity contribution is 0.510. The molecule has 2 aromatic carbocycles. The first kappa shape index (κ1) is 11.7. The van der Waals surface area contributed by atoms with Gasteiger partial charge >= 0.3 is 0 Å². The summed E-state index contributed by atoms with van der Waals surface area (Å²) in [6.07, 6.45) is 0. The van der Waals surface area contributed by atoms with Crippen LogP contribution in [0.1, 0.15) is 0 Å². The van der Waals surface area contributed by atoms with E-state index in [0.29, 0.717) is 0 Å². The van der Waals surface area contributed by atoms with Gasteiger partial charge in [-0.1, -0.05) is 0 Å². The van der Waals surface area contributed by atoms with E-state index in [1.807, 2.05) is 0 Å². The van der Waals surface area contributed by atoms with Gasteiger partial charge in [0.25, 0.3) is 0 Å². The summed E-state index contributed by atoms with van der Waals surface area (Å²) in [5.74, 6) is -3.43. The van der Waals surface area contributed by atoms with Crippen LogP contribution in [0.25, 0.3) is 22.4 Å². The van der Waals surface area contributed by atoms with Crippen molar-refractivity contribution in [2.24, 2.45) is 0 Å². The Bertz CT molecular complexity index is 720. The van der Waals surface area contributed by atoms with Crippen molar-refractivity contribution < 1.29 is 17.6 Å². The van der Waals surface area contributed by atoms with Gasteiger partial charge in [-0.05, 0) is 12.1 Å². The molecule has 1 aromatic heterocycles. The summed E-state index contributed by atoms with van der Waals surface area (Å²) >= 11 is 0. The molecule has 0 aliphatic carbocycles. The molecule has 0 unspecified atom stereocenters. The summed E-state index contributed by atoms with van der Waals surface area (Å²) in [4.78, 5) is 6.65. The third-order valence-electron chi connectivity index (χ3n) is 2.66. The molecular weight excluding hydrogens is 260 g/mol. The van der Waals surface area contributed by atoms with E-state index >= 15 is 0 Å². The van der Waals surface area contributed by atoms with Gasteiger partial charge in [-0.3, -0.25) is 0 Å². The fourth-order valence-electron chi connectivity index (χ4n) is 1.83. The number of fused-ring (bicyclic) bond motifs is 1. The number of halogens is 4. The van der Waals surface area contributed by atoms with E-state index in [2.05, 4.69) is 9.97 Å². The molecule has 19 heavy (non-hydrogen) atoms. The van der Waals surface area contributed by atoms with Crippen LogP contribution in [0.3, 0.4) is 0 Å². The third-order valence-corrected chi connectivity index (χ3v) is 2.66. The maximum atomic E-state index is 13.1. The first-order valence-electron chi connectivity index (χ1n) is 5.34. The Labute approximate surface area is 104 Å². The van der Waals surface area contributed by atoms with E-state index in [1.54, 1.807) is 0 Å². The van der Waals surface area contributed by atoms with Crippen molar-refractivity contribution in [3.05, 3.63) is 53.6 Å². The number of benzene rings is 2. The predicted molar refractivity (Wildman–Crippen MR) is 61.4 cm³/mol. The highest BCUT2D eigenvalue weighted by atomic mass is 19.2. The topological polar surface area (TPSA) is 28.7 Å². The van der Waals surface area contributed by atoms with Crippen molar-refractivity contribution in [3.8, 4) is 11.4 Å². The number of hydrogen-bond donors (Lipinski definition) is 1. The van der Waals surface area contributed by atoms with Crippen LogP contribution >= 0.6 is 0 Å². The Morgan fingerprint density at radius 3 is 2.11 bits per heavy atom. The van der Waals surface area contributed by atoms with Gasteiger partial charge in [0.05, 0.1) is 11.0 Å². The van der Waals surface area contributed by atoms with Gasteiger partial charge in [0, 0.05) is 23.8 Å². The fourth-order valence-corrected chi connectivity index (χ4v) is 1.83. The highest BCUT2D eigenvalue weighted by molar-refractivity contribution is 5.79. The van der Waals surface area contributed by atoms with Gasteiger partial charge in [-0.25, -0.2) is 22.5 Å². The molecule has 1 N–H and O–H groups in total. The normalized spacial score (nSPS) is 11.2. The summed E-state index contributed by atoms with van der Waals surface area (Å²) in [6.45, 7) is 0. The van der Waals surface area contributed by atoms with Crippen molar-refractivity contribution in [3.63, 3.8) is 0 Å².